The van der Waals surface area contributed by atoms with Gasteiger partial charge in [-0.1, -0.05) is 6.07 Å². The summed E-state index contributed by atoms with van der Waals surface area (Å²) in [6.45, 7) is 0. The summed E-state index contributed by atoms with van der Waals surface area (Å²) < 4.78 is 41.7. The van der Waals surface area contributed by atoms with Gasteiger partial charge < -0.3 is 4.74 Å². The van der Waals surface area contributed by atoms with E-state index in [-0.39, 0.29) is 11.6 Å². The van der Waals surface area contributed by atoms with Crippen molar-refractivity contribution in [3.63, 3.8) is 0 Å². The zero-order chi connectivity index (χ0) is 14.0. The molecule has 1 N–H and O–H groups in total. The SMILES string of the molecule is O=C(Nc1cccc(C(F)(F)F)c1)OC(=O)C1CC1. The second-order valence-corrected chi connectivity index (χ2v) is 4.19. The molecular formula is C12H10F3NO3. The molecule has 4 nitrogen and oxygen atoms in total. The predicted octanol–water partition coefficient (Wildman–Crippen LogP) is 3.19. The monoisotopic (exact) mass is 273 g/mol. The molecule has 1 saturated carbocycles. The molecule has 1 aliphatic rings. The molecule has 1 amide bonds. The van der Waals surface area contributed by atoms with Gasteiger partial charge >= 0.3 is 18.2 Å². The maximum absolute atomic E-state index is 12.4. The first-order valence-corrected chi connectivity index (χ1v) is 5.56. The van der Waals surface area contributed by atoms with Gasteiger partial charge in [0.2, 0.25) is 0 Å². The van der Waals surface area contributed by atoms with Crippen LogP contribution in [0.5, 0.6) is 0 Å². The zero-order valence-electron chi connectivity index (χ0n) is 9.66. The third-order valence-corrected chi connectivity index (χ3v) is 2.54. The molecule has 2 rings (SSSR count). The van der Waals surface area contributed by atoms with E-state index in [0.717, 1.165) is 18.2 Å². The van der Waals surface area contributed by atoms with Crippen molar-refractivity contribution in [2.24, 2.45) is 5.92 Å². The Morgan fingerprint density at radius 3 is 2.53 bits per heavy atom. The van der Waals surface area contributed by atoms with Crippen LogP contribution in [0.15, 0.2) is 24.3 Å². The highest BCUT2D eigenvalue weighted by molar-refractivity contribution is 5.94. The lowest BCUT2D eigenvalue weighted by atomic mass is 10.2. The standard InChI is InChI=1S/C12H10F3NO3/c13-12(14,15)8-2-1-3-9(6-8)16-11(18)19-10(17)7-4-5-7/h1-3,6-7H,4-5H2,(H,16,18). The molecule has 0 spiro atoms. The molecule has 1 aromatic rings. The number of carbonyl (C=O) groups excluding carboxylic acids is 2. The maximum Gasteiger partial charge on any atom is 0.419 e. The Balaban J connectivity index is 1.98. The summed E-state index contributed by atoms with van der Waals surface area (Å²) in [4.78, 5) is 22.4. The molecule has 0 unspecified atom stereocenters. The number of benzene rings is 1. The maximum atomic E-state index is 12.4. The lowest BCUT2D eigenvalue weighted by molar-refractivity contribution is -0.139. The van der Waals surface area contributed by atoms with E-state index in [1.54, 1.807) is 0 Å². The van der Waals surface area contributed by atoms with Gasteiger partial charge in [-0.2, -0.15) is 13.2 Å². The van der Waals surface area contributed by atoms with Crippen LogP contribution in [-0.2, 0) is 15.7 Å². The average Bonchev–Trinajstić information content (AvgIpc) is 3.11. The second kappa shape index (κ2) is 4.91. The molecule has 0 bridgehead atoms. The number of alkyl halides is 3. The van der Waals surface area contributed by atoms with Gasteiger partial charge in [-0.25, -0.2) is 4.79 Å². The molecule has 0 heterocycles. The molecule has 0 aliphatic heterocycles. The van der Waals surface area contributed by atoms with E-state index < -0.39 is 23.8 Å². The fraction of sp³-hybridized carbons (Fsp3) is 0.333. The quantitative estimate of drug-likeness (QED) is 0.665. The van der Waals surface area contributed by atoms with Gasteiger partial charge in [0.15, 0.2) is 0 Å². The molecule has 0 radical (unpaired) electrons. The molecule has 102 valence electrons. The lowest BCUT2D eigenvalue weighted by Gasteiger charge is -2.09. The van der Waals surface area contributed by atoms with Crippen molar-refractivity contribution in [2.45, 2.75) is 19.0 Å². The average molecular weight is 273 g/mol. The fourth-order valence-electron chi connectivity index (χ4n) is 1.41. The number of amides is 1. The van der Waals surface area contributed by atoms with E-state index in [4.69, 9.17) is 0 Å². The van der Waals surface area contributed by atoms with E-state index >= 15 is 0 Å². The van der Waals surface area contributed by atoms with Gasteiger partial charge in [-0.3, -0.25) is 10.1 Å². The highest BCUT2D eigenvalue weighted by Crippen LogP contribution is 2.31. The van der Waals surface area contributed by atoms with E-state index in [0.29, 0.717) is 12.8 Å². The summed E-state index contributed by atoms with van der Waals surface area (Å²) in [6, 6.07) is 4.08. The number of carbonyl (C=O) groups is 2. The predicted molar refractivity (Wildman–Crippen MR) is 59.3 cm³/mol. The van der Waals surface area contributed by atoms with E-state index in [1.165, 1.54) is 6.07 Å². The number of ether oxygens (including phenoxy) is 1. The van der Waals surface area contributed by atoms with Gasteiger partial charge in [0, 0.05) is 5.69 Å². The molecule has 0 saturated heterocycles. The van der Waals surface area contributed by atoms with Crippen molar-refractivity contribution in [1.82, 2.24) is 0 Å². The summed E-state index contributed by atoms with van der Waals surface area (Å²) in [7, 11) is 0. The third kappa shape index (κ3) is 3.70. The molecule has 1 aromatic carbocycles. The Labute approximate surface area is 106 Å². The molecule has 0 atom stereocenters. The van der Waals surface area contributed by atoms with Crippen molar-refractivity contribution in [1.29, 1.82) is 0 Å². The van der Waals surface area contributed by atoms with E-state index in [9.17, 15) is 22.8 Å². The van der Waals surface area contributed by atoms with Crippen molar-refractivity contribution in [2.75, 3.05) is 5.32 Å². The highest BCUT2D eigenvalue weighted by atomic mass is 19.4. The Hall–Kier alpha value is -2.05. The first-order chi connectivity index (χ1) is 8.86. The van der Waals surface area contributed by atoms with Crippen molar-refractivity contribution >= 4 is 17.7 Å². The number of anilines is 1. The molecule has 19 heavy (non-hydrogen) atoms. The van der Waals surface area contributed by atoms with Crippen molar-refractivity contribution < 1.29 is 27.5 Å². The summed E-state index contributed by atoms with van der Waals surface area (Å²) >= 11 is 0. The Morgan fingerprint density at radius 2 is 1.95 bits per heavy atom. The van der Waals surface area contributed by atoms with Crippen LogP contribution in [-0.4, -0.2) is 12.1 Å². The topological polar surface area (TPSA) is 55.4 Å². The Bertz CT molecular complexity index is 509. The van der Waals surface area contributed by atoms with Gasteiger partial charge in [-0.05, 0) is 31.0 Å². The minimum absolute atomic E-state index is 0.0802. The van der Waals surface area contributed by atoms with Crippen LogP contribution in [0.25, 0.3) is 0 Å². The first-order valence-electron chi connectivity index (χ1n) is 5.56. The number of halogens is 3. The van der Waals surface area contributed by atoms with Gasteiger partial charge in [-0.15, -0.1) is 0 Å². The normalized spacial score (nSPS) is 14.9. The minimum atomic E-state index is -4.49. The summed E-state index contributed by atoms with van der Waals surface area (Å²) in [5.41, 5.74) is -0.970. The number of hydrogen-bond acceptors (Lipinski definition) is 3. The van der Waals surface area contributed by atoms with Crippen LogP contribution in [0.2, 0.25) is 0 Å². The molecule has 0 aromatic heterocycles. The third-order valence-electron chi connectivity index (χ3n) is 2.54. The fourth-order valence-corrected chi connectivity index (χ4v) is 1.41. The number of rotatable bonds is 2. The number of nitrogens with one attached hydrogen (secondary N) is 1. The van der Waals surface area contributed by atoms with Crippen molar-refractivity contribution in [3.8, 4) is 0 Å². The Morgan fingerprint density at radius 1 is 1.26 bits per heavy atom. The van der Waals surface area contributed by atoms with Gasteiger partial charge in [0.25, 0.3) is 0 Å². The summed E-state index contributed by atoms with van der Waals surface area (Å²) in [5.74, 6) is -0.906. The van der Waals surface area contributed by atoms with Crippen LogP contribution in [0.1, 0.15) is 18.4 Å². The lowest BCUT2D eigenvalue weighted by Crippen LogP contribution is -2.19. The molecule has 1 aliphatic carbocycles. The largest absolute Gasteiger partial charge is 0.419 e. The molecular weight excluding hydrogens is 263 g/mol. The van der Waals surface area contributed by atoms with Gasteiger partial charge in [0.1, 0.15) is 0 Å². The second-order valence-electron chi connectivity index (χ2n) is 4.19. The smallest absolute Gasteiger partial charge is 0.376 e. The van der Waals surface area contributed by atoms with E-state index in [1.807, 2.05) is 0 Å². The summed E-state index contributed by atoms with van der Waals surface area (Å²) in [6.07, 6.45) is -4.22. The Kier molecular flexibility index (Phi) is 3.46. The minimum Gasteiger partial charge on any atom is -0.376 e. The van der Waals surface area contributed by atoms with Crippen LogP contribution in [0, 0.1) is 5.92 Å². The van der Waals surface area contributed by atoms with Crippen molar-refractivity contribution in [3.05, 3.63) is 29.8 Å². The first kappa shape index (κ1) is 13.4. The number of esters is 1. The van der Waals surface area contributed by atoms with Gasteiger partial charge in [0.05, 0.1) is 11.5 Å². The molecule has 7 heteroatoms. The van der Waals surface area contributed by atoms with Crippen LogP contribution < -0.4 is 5.32 Å². The van der Waals surface area contributed by atoms with Crippen LogP contribution in [0.3, 0.4) is 0 Å². The zero-order valence-corrected chi connectivity index (χ0v) is 9.66. The summed E-state index contributed by atoms with van der Waals surface area (Å²) in [5, 5.41) is 2.09. The van der Waals surface area contributed by atoms with E-state index in [2.05, 4.69) is 10.1 Å². The highest BCUT2D eigenvalue weighted by Gasteiger charge is 2.33. The van der Waals surface area contributed by atoms with Crippen LogP contribution in [0.4, 0.5) is 23.7 Å². The number of hydrogen-bond donors (Lipinski definition) is 1. The molecule has 1 fully saturated rings. The van der Waals surface area contributed by atoms with Crippen LogP contribution >= 0.6 is 0 Å².